The number of nitrogens with one attached hydrogen (secondary N) is 1. The summed E-state index contributed by atoms with van der Waals surface area (Å²) in [5.41, 5.74) is 1.25. The zero-order valence-corrected chi connectivity index (χ0v) is 16.3. The molecule has 1 atom stereocenters. The first-order valence-electron chi connectivity index (χ1n) is 8.38. The van der Waals surface area contributed by atoms with E-state index in [0.717, 1.165) is 16.1 Å². The smallest absolute Gasteiger partial charge is 0.243 e. The fourth-order valence-corrected chi connectivity index (χ4v) is 3.84. The third-order valence-corrected chi connectivity index (χ3v) is 5.28. The third kappa shape index (κ3) is 5.68. The lowest BCUT2D eigenvalue weighted by molar-refractivity contribution is -0.121. The van der Waals surface area contributed by atoms with Gasteiger partial charge < -0.3 is 10.1 Å². The van der Waals surface area contributed by atoms with Crippen molar-refractivity contribution in [1.82, 2.24) is 5.32 Å². The van der Waals surface area contributed by atoms with Gasteiger partial charge in [-0.2, -0.15) is 0 Å². The molecule has 0 aliphatic carbocycles. The van der Waals surface area contributed by atoms with Gasteiger partial charge in [-0.25, -0.2) is 12.8 Å². The van der Waals surface area contributed by atoms with E-state index in [9.17, 15) is 17.6 Å². The SMILES string of the molecule is COc1ccc(N(C(C)C(=O)NCCc2ccc(F)cc2)S(C)(=O)=O)cc1. The zero-order valence-electron chi connectivity index (χ0n) is 15.5. The van der Waals surface area contributed by atoms with Crippen LogP contribution in [-0.4, -0.2) is 40.3 Å². The maximum absolute atomic E-state index is 12.9. The summed E-state index contributed by atoms with van der Waals surface area (Å²) in [5, 5.41) is 2.73. The zero-order chi connectivity index (χ0) is 20.0. The molecule has 2 rings (SSSR count). The molecule has 0 radical (unpaired) electrons. The topological polar surface area (TPSA) is 75.7 Å². The second-order valence-electron chi connectivity index (χ2n) is 6.10. The Morgan fingerprint density at radius 3 is 2.26 bits per heavy atom. The van der Waals surface area contributed by atoms with Crippen LogP contribution in [-0.2, 0) is 21.2 Å². The monoisotopic (exact) mass is 394 g/mol. The van der Waals surface area contributed by atoms with Gasteiger partial charge in [0.25, 0.3) is 0 Å². The molecule has 0 heterocycles. The van der Waals surface area contributed by atoms with Gasteiger partial charge in [-0.05, 0) is 55.3 Å². The molecule has 0 saturated heterocycles. The van der Waals surface area contributed by atoms with Crippen molar-refractivity contribution in [3.8, 4) is 5.75 Å². The van der Waals surface area contributed by atoms with E-state index < -0.39 is 22.0 Å². The Kier molecular flexibility index (Phi) is 6.79. The van der Waals surface area contributed by atoms with Gasteiger partial charge in [0.15, 0.2) is 0 Å². The predicted octanol–water partition coefficient (Wildman–Crippen LogP) is 2.35. The maximum Gasteiger partial charge on any atom is 0.243 e. The second kappa shape index (κ2) is 8.85. The number of amides is 1. The Balaban J connectivity index is 2.06. The first-order valence-corrected chi connectivity index (χ1v) is 10.2. The lowest BCUT2D eigenvalue weighted by atomic mass is 10.1. The van der Waals surface area contributed by atoms with Crippen LogP contribution in [0.3, 0.4) is 0 Å². The van der Waals surface area contributed by atoms with Gasteiger partial charge in [-0.1, -0.05) is 12.1 Å². The molecule has 2 aromatic rings. The van der Waals surface area contributed by atoms with Gasteiger partial charge in [0, 0.05) is 6.54 Å². The molecular weight excluding hydrogens is 371 g/mol. The molecule has 0 aliphatic heterocycles. The summed E-state index contributed by atoms with van der Waals surface area (Å²) in [6, 6.07) is 11.5. The van der Waals surface area contributed by atoms with Gasteiger partial charge in [-0.15, -0.1) is 0 Å². The Hall–Kier alpha value is -2.61. The van der Waals surface area contributed by atoms with Crippen LogP contribution in [0.4, 0.5) is 10.1 Å². The molecule has 1 N–H and O–H groups in total. The Labute approximate surface area is 159 Å². The highest BCUT2D eigenvalue weighted by Crippen LogP contribution is 2.23. The standard InChI is InChI=1S/C19H23FN2O4S/c1-14(19(23)21-13-12-15-4-6-16(20)7-5-15)22(27(3,24)25)17-8-10-18(26-2)11-9-17/h4-11,14H,12-13H2,1-3H3,(H,21,23). The first kappa shape index (κ1) is 20.7. The second-order valence-corrected chi connectivity index (χ2v) is 7.96. The highest BCUT2D eigenvalue weighted by molar-refractivity contribution is 7.92. The number of nitrogens with zero attached hydrogens (tertiary/aromatic N) is 1. The summed E-state index contributed by atoms with van der Waals surface area (Å²) in [4.78, 5) is 12.5. The van der Waals surface area contributed by atoms with E-state index in [2.05, 4.69) is 5.32 Å². The van der Waals surface area contributed by atoms with E-state index in [0.29, 0.717) is 24.4 Å². The molecule has 0 saturated carbocycles. The van der Waals surface area contributed by atoms with Crippen LogP contribution in [0.5, 0.6) is 5.75 Å². The molecule has 6 nitrogen and oxygen atoms in total. The molecule has 2 aromatic carbocycles. The molecule has 1 amide bonds. The Morgan fingerprint density at radius 2 is 1.74 bits per heavy atom. The molecule has 8 heteroatoms. The molecule has 27 heavy (non-hydrogen) atoms. The minimum absolute atomic E-state index is 0.315. The third-order valence-electron chi connectivity index (χ3n) is 4.04. The van der Waals surface area contributed by atoms with Gasteiger partial charge in [-0.3, -0.25) is 9.10 Å². The summed E-state index contributed by atoms with van der Waals surface area (Å²) < 4.78 is 43.5. The number of anilines is 1. The van der Waals surface area contributed by atoms with Crippen molar-refractivity contribution in [2.45, 2.75) is 19.4 Å². The molecule has 0 aliphatic rings. The number of carbonyl (C=O) groups excluding carboxylic acids is 1. The predicted molar refractivity (Wildman–Crippen MR) is 103 cm³/mol. The molecular formula is C19H23FN2O4S. The van der Waals surface area contributed by atoms with E-state index in [1.54, 1.807) is 36.4 Å². The van der Waals surface area contributed by atoms with Crippen molar-refractivity contribution in [1.29, 1.82) is 0 Å². The highest BCUT2D eigenvalue weighted by atomic mass is 32.2. The number of halogens is 1. The van der Waals surface area contributed by atoms with Crippen LogP contribution in [0.1, 0.15) is 12.5 Å². The van der Waals surface area contributed by atoms with Crippen molar-refractivity contribution < 1.29 is 22.3 Å². The van der Waals surface area contributed by atoms with Crippen molar-refractivity contribution >= 4 is 21.6 Å². The molecule has 0 fully saturated rings. The van der Waals surface area contributed by atoms with Gasteiger partial charge in [0.2, 0.25) is 15.9 Å². The van der Waals surface area contributed by atoms with Crippen molar-refractivity contribution in [2.75, 3.05) is 24.2 Å². The summed E-state index contributed by atoms with van der Waals surface area (Å²) in [6.07, 6.45) is 1.57. The minimum Gasteiger partial charge on any atom is -0.497 e. The van der Waals surface area contributed by atoms with Crippen LogP contribution in [0.2, 0.25) is 0 Å². The fraction of sp³-hybridized carbons (Fsp3) is 0.316. The molecule has 146 valence electrons. The first-order chi connectivity index (χ1) is 12.7. The lowest BCUT2D eigenvalue weighted by Crippen LogP contribution is -2.48. The Morgan fingerprint density at radius 1 is 1.15 bits per heavy atom. The molecule has 1 unspecified atom stereocenters. The number of hydrogen-bond donors (Lipinski definition) is 1. The van der Waals surface area contributed by atoms with Crippen LogP contribution < -0.4 is 14.4 Å². The van der Waals surface area contributed by atoms with Gasteiger partial charge >= 0.3 is 0 Å². The Bertz CT molecular complexity index is 868. The average molecular weight is 394 g/mol. The van der Waals surface area contributed by atoms with Crippen molar-refractivity contribution in [2.24, 2.45) is 0 Å². The van der Waals surface area contributed by atoms with Crippen LogP contribution in [0, 0.1) is 5.82 Å². The van der Waals surface area contributed by atoms with Gasteiger partial charge in [0.05, 0.1) is 19.1 Å². The van der Waals surface area contributed by atoms with Crippen LogP contribution in [0.15, 0.2) is 48.5 Å². The number of rotatable bonds is 8. The molecule has 0 aromatic heterocycles. The maximum atomic E-state index is 12.9. The van der Waals surface area contributed by atoms with Crippen LogP contribution in [0.25, 0.3) is 0 Å². The lowest BCUT2D eigenvalue weighted by Gasteiger charge is -2.28. The largest absolute Gasteiger partial charge is 0.497 e. The van der Waals surface area contributed by atoms with Crippen molar-refractivity contribution in [3.05, 3.63) is 59.9 Å². The highest BCUT2D eigenvalue weighted by Gasteiger charge is 2.28. The number of carbonyl (C=O) groups is 1. The fourth-order valence-electron chi connectivity index (χ4n) is 2.67. The average Bonchev–Trinajstić information content (AvgIpc) is 2.62. The summed E-state index contributed by atoms with van der Waals surface area (Å²) in [7, 11) is -2.16. The number of methoxy groups -OCH3 is 1. The molecule has 0 spiro atoms. The number of ether oxygens (including phenoxy) is 1. The molecule has 0 bridgehead atoms. The summed E-state index contributed by atoms with van der Waals surface area (Å²) >= 11 is 0. The van der Waals surface area contributed by atoms with Gasteiger partial charge in [0.1, 0.15) is 17.6 Å². The minimum atomic E-state index is -3.67. The normalized spacial score (nSPS) is 12.3. The number of sulfonamides is 1. The van der Waals surface area contributed by atoms with E-state index in [-0.39, 0.29) is 5.82 Å². The summed E-state index contributed by atoms with van der Waals surface area (Å²) in [5.74, 6) is -0.151. The van der Waals surface area contributed by atoms with Crippen molar-refractivity contribution in [3.63, 3.8) is 0 Å². The van der Waals surface area contributed by atoms with E-state index in [4.69, 9.17) is 4.74 Å². The van der Waals surface area contributed by atoms with E-state index in [1.807, 2.05) is 0 Å². The van der Waals surface area contributed by atoms with E-state index >= 15 is 0 Å². The number of hydrogen-bond acceptors (Lipinski definition) is 4. The van der Waals surface area contributed by atoms with Crippen LogP contribution >= 0.6 is 0 Å². The quantitative estimate of drug-likeness (QED) is 0.746. The number of benzene rings is 2. The van der Waals surface area contributed by atoms with E-state index in [1.165, 1.54) is 26.2 Å². The summed E-state index contributed by atoms with van der Waals surface area (Å²) in [6.45, 7) is 1.84.